The second-order valence-corrected chi connectivity index (χ2v) is 6.85. The number of nitro benzene ring substituents is 1. The summed E-state index contributed by atoms with van der Waals surface area (Å²) in [5.41, 5.74) is 0.364. The average molecular weight is 359 g/mol. The zero-order chi connectivity index (χ0) is 18.0. The number of benzene rings is 1. The largest absolute Gasteiger partial charge is 0.278 e. The highest BCUT2D eigenvalue weighted by molar-refractivity contribution is 7.92. The summed E-state index contributed by atoms with van der Waals surface area (Å²) in [5, 5.41) is 15.0. The summed E-state index contributed by atoms with van der Waals surface area (Å²) < 4.78 is 28.7. The first-order chi connectivity index (χ1) is 11.9. The van der Waals surface area contributed by atoms with Gasteiger partial charge in [-0.1, -0.05) is 6.07 Å². The predicted molar refractivity (Wildman–Crippen MR) is 90.0 cm³/mol. The Balaban J connectivity index is 1.86. The zero-order valence-corrected chi connectivity index (χ0v) is 13.8. The third-order valence-corrected chi connectivity index (χ3v) is 4.81. The minimum atomic E-state index is -3.97. The van der Waals surface area contributed by atoms with Crippen LogP contribution in [0.25, 0.3) is 5.82 Å². The van der Waals surface area contributed by atoms with Crippen molar-refractivity contribution in [3.8, 4) is 5.82 Å². The molecule has 10 heteroatoms. The molecule has 0 fully saturated rings. The lowest BCUT2D eigenvalue weighted by molar-refractivity contribution is -0.385. The van der Waals surface area contributed by atoms with E-state index in [-0.39, 0.29) is 16.3 Å². The van der Waals surface area contributed by atoms with Gasteiger partial charge in [0.2, 0.25) is 0 Å². The Morgan fingerprint density at radius 1 is 1.24 bits per heavy atom. The molecule has 0 aliphatic carbocycles. The van der Waals surface area contributed by atoms with Crippen LogP contribution in [0.1, 0.15) is 5.56 Å². The first-order valence-electron chi connectivity index (χ1n) is 7.11. The SMILES string of the molecule is Cc1ccc(S(=O)(=O)Nc2ccc(-n3cccn3)nc2)cc1[N+](=O)[O-]. The summed E-state index contributed by atoms with van der Waals surface area (Å²) in [5.74, 6) is 0.527. The Labute approximate surface area is 143 Å². The highest BCUT2D eigenvalue weighted by Crippen LogP contribution is 2.24. The Kier molecular flexibility index (Phi) is 4.19. The lowest BCUT2D eigenvalue weighted by Crippen LogP contribution is -2.13. The smallest absolute Gasteiger partial charge is 0.273 e. The molecule has 2 heterocycles. The first kappa shape index (κ1) is 16.6. The lowest BCUT2D eigenvalue weighted by Gasteiger charge is -2.09. The molecule has 0 atom stereocenters. The van der Waals surface area contributed by atoms with Crippen LogP contribution in [0.4, 0.5) is 11.4 Å². The minimum absolute atomic E-state index is 0.194. The van der Waals surface area contributed by atoms with E-state index in [1.165, 1.54) is 29.1 Å². The van der Waals surface area contributed by atoms with Crippen molar-refractivity contribution in [3.05, 3.63) is 70.7 Å². The van der Waals surface area contributed by atoms with E-state index in [0.29, 0.717) is 11.4 Å². The van der Waals surface area contributed by atoms with Gasteiger partial charge in [0.25, 0.3) is 15.7 Å². The molecule has 1 aromatic carbocycles. The molecule has 128 valence electrons. The van der Waals surface area contributed by atoms with E-state index in [1.807, 2.05) is 0 Å². The van der Waals surface area contributed by atoms with E-state index >= 15 is 0 Å². The predicted octanol–water partition coefficient (Wildman–Crippen LogP) is 2.28. The number of aromatic nitrogens is 3. The molecule has 0 spiro atoms. The number of rotatable bonds is 5. The molecule has 9 nitrogen and oxygen atoms in total. The van der Waals surface area contributed by atoms with Gasteiger partial charge < -0.3 is 0 Å². The molecule has 0 unspecified atom stereocenters. The molecule has 0 radical (unpaired) electrons. The molecule has 3 rings (SSSR count). The molecule has 0 aliphatic rings. The number of aryl methyl sites for hydroxylation is 1. The summed E-state index contributed by atoms with van der Waals surface area (Å²) in [6.07, 6.45) is 4.65. The number of nitrogens with zero attached hydrogens (tertiary/aromatic N) is 4. The minimum Gasteiger partial charge on any atom is -0.278 e. The summed E-state index contributed by atoms with van der Waals surface area (Å²) in [7, 11) is -3.97. The molecule has 1 N–H and O–H groups in total. The number of sulfonamides is 1. The lowest BCUT2D eigenvalue weighted by atomic mass is 10.2. The zero-order valence-electron chi connectivity index (χ0n) is 13.0. The molecule has 3 aromatic rings. The fraction of sp³-hybridized carbons (Fsp3) is 0.0667. The van der Waals surface area contributed by atoms with Gasteiger partial charge in [0.05, 0.1) is 21.7 Å². The molecule has 0 amide bonds. The van der Waals surface area contributed by atoms with Crippen LogP contribution < -0.4 is 4.72 Å². The summed E-state index contributed by atoms with van der Waals surface area (Å²) in [4.78, 5) is 14.3. The van der Waals surface area contributed by atoms with Crippen LogP contribution in [-0.2, 0) is 10.0 Å². The van der Waals surface area contributed by atoms with Gasteiger partial charge in [-0.2, -0.15) is 5.10 Å². The summed E-state index contributed by atoms with van der Waals surface area (Å²) in [6, 6.07) is 8.61. The first-order valence-corrected chi connectivity index (χ1v) is 8.59. The maximum atomic E-state index is 12.4. The molecule has 0 aliphatic heterocycles. The van der Waals surface area contributed by atoms with E-state index in [4.69, 9.17) is 0 Å². The van der Waals surface area contributed by atoms with Gasteiger partial charge >= 0.3 is 0 Å². The van der Waals surface area contributed by atoms with Gasteiger partial charge in [-0.15, -0.1) is 0 Å². The highest BCUT2D eigenvalue weighted by atomic mass is 32.2. The fourth-order valence-electron chi connectivity index (χ4n) is 2.15. The maximum Gasteiger partial charge on any atom is 0.273 e. The number of nitro groups is 1. The topological polar surface area (TPSA) is 120 Å². The standard InChI is InChI=1S/C15H13N5O4S/c1-11-3-5-13(9-14(11)20(21)22)25(23,24)18-12-4-6-15(16-10-12)19-8-2-7-17-19/h2-10,18H,1H3. The van der Waals surface area contributed by atoms with Crippen molar-refractivity contribution in [3.63, 3.8) is 0 Å². The Morgan fingerprint density at radius 3 is 2.64 bits per heavy atom. The fourth-order valence-corrected chi connectivity index (χ4v) is 3.22. The Hall–Kier alpha value is -3.27. The number of pyridine rings is 1. The van der Waals surface area contributed by atoms with Crippen LogP contribution in [0.2, 0.25) is 0 Å². The van der Waals surface area contributed by atoms with Crippen molar-refractivity contribution in [1.29, 1.82) is 0 Å². The molecule has 2 aromatic heterocycles. The van der Waals surface area contributed by atoms with E-state index in [0.717, 1.165) is 6.07 Å². The molecule has 0 saturated heterocycles. The Bertz CT molecular complexity index is 1010. The second-order valence-electron chi connectivity index (χ2n) is 5.17. The van der Waals surface area contributed by atoms with Crippen LogP contribution in [0, 0.1) is 17.0 Å². The normalized spacial score (nSPS) is 11.2. The van der Waals surface area contributed by atoms with E-state index < -0.39 is 14.9 Å². The van der Waals surface area contributed by atoms with Crippen molar-refractivity contribution >= 4 is 21.4 Å². The molecule has 0 bridgehead atoms. The number of hydrogen-bond acceptors (Lipinski definition) is 6. The van der Waals surface area contributed by atoms with E-state index in [9.17, 15) is 18.5 Å². The summed E-state index contributed by atoms with van der Waals surface area (Å²) >= 11 is 0. The molecule has 0 saturated carbocycles. The van der Waals surface area contributed by atoms with Gasteiger partial charge in [0, 0.05) is 24.0 Å². The van der Waals surface area contributed by atoms with Crippen LogP contribution in [0.3, 0.4) is 0 Å². The molecule has 25 heavy (non-hydrogen) atoms. The van der Waals surface area contributed by atoms with Gasteiger partial charge in [-0.3, -0.25) is 14.8 Å². The Morgan fingerprint density at radius 2 is 2.04 bits per heavy atom. The molecular weight excluding hydrogens is 346 g/mol. The number of hydrogen-bond donors (Lipinski definition) is 1. The van der Waals surface area contributed by atoms with Crippen LogP contribution in [0.15, 0.2) is 59.9 Å². The number of nitrogens with one attached hydrogen (secondary N) is 1. The van der Waals surface area contributed by atoms with Crippen LogP contribution in [-0.4, -0.2) is 28.1 Å². The van der Waals surface area contributed by atoms with Crippen molar-refractivity contribution < 1.29 is 13.3 Å². The quantitative estimate of drug-likeness (QED) is 0.551. The third-order valence-electron chi connectivity index (χ3n) is 3.43. The molecular formula is C15H13N5O4S. The van der Waals surface area contributed by atoms with E-state index in [1.54, 1.807) is 31.5 Å². The second kappa shape index (κ2) is 6.32. The van der Waals surface area contributed by atoms with E-state index in [2.05, 4.69) is 14.8 Å². The van der Waals surface area contributed by atoms with Crippen molar-refractivity contribution in [2.24, 2.45) is 0 Å². The van der Waals surface area contributed by atoms with Crippen molar-refractivity contribution in [2.75, 3.05) is 4.72 Å². The van der Waals surface area contributed by atoms with Crippen LogP contribution in [0.5, 0.6) is 0 Å². The van der Waals surface area contributed by atoms with Crippen LogP contribution >= 0.6 is 0 Å². The maximum absolute atomic E-state index is 12.4. The monoisotopic (exact) mass is 359 g/mol. The average Bonchev–Trinajstić information content (AvgIpc) is 3.09. The van der Waals surface area contributed by atoms with Gasteiger partial charge in [0.15, 0.2) is 5.82 Å². The van der Waals surface area contributed by atoms with Crippen molar-refractivity contribution in [2.45, 2.75) is 11.8 Å². The van der Waals surface area contributed by atoms with Gasteiger partial charge in [-0.25, -0.2) is 18.1 Å². The van der Waals surface area contributed by atoms with Gasteiger partial charge in [-0.05, 0) is 31.2 Å². The highest BCUT2D eigenvalue weighted by Gasteiger charge is 2.20. The number of anilines is 1. The van der Waals surface area contributed by atoms with Gasteiger partial charge in [0.1, 0.15) is 0 Å². The summed E-state index contributed by atoms with van der Waals surface area (Å²) in [6.45, 7) is 1.54. The third kappa shape index (κ3) is 3.48. The van der Waals surface area contributed by atoms with Crippen molar-refractivity contribution in [1.82, 2.24) is 14.8 Å².